The summed E-state index contributed by atoms with van der Waals surface area (Å²) >= 11 is 0. The number of rotatable bonds is 7. The predicted molar refractivity (Wildman–Crippen MR) is 148 cm³/mol. The van der Waals surface area contributed by atoms with Crippen LogP contribution < -0.4 is 4.74 Å². The van der Waals surface area contributed by atoms with Crippen molar-refractivity contribution in [1.29, 1.82) is 0 Å². The van der Waals surface area contributed by atoms with E-state index in [9.17, 15) is 9.59 Å². The van der Waals surface area contributed by atoms with Gasteiger partial charge in [0.05, 0.1) is 25.8 Å². The average molecular weight is 538 g/mol. The minimum atomic E-state index is -0.605. The summed E-state index contributed by atoms with van der Waals surface area (Å²) in [5.74, 6) is 0.308. The number of carbonyl (C=O) groups is 2. The Kier molecular flexibility index (Phi) is 8.61. The number of ether oxygens (including phenoxy) is 4. The molecular weight excluding hydrogens is 498 g/mol. The number of hydrogen-bond donors (Lipinski definition) is 0. The minimum absolute atomic E-state index is 0.0171. The number of fused-ring (bicyclic) bond motifs is 1. The maximum Gasteiger partial charge on any atom is 0.419 e. The van der Waals surface area contributed by atoms with E-state index < -0.39 is 17.7 Å². The molecule has 0 amide bonds. The second-order valence-electron chi connectivity index (χ2n) is 10.9. The van der Waals surface area contributed by atoms with Crippen LogP contribution in [0.5, 0.6) is 5.75 Å². The lowest BCUT2D eigenvalue weighted by molar-refractivity contribution is -0.0139. The van der Waals surface area contributed by atoms with Gasteiger partial charge in [0.1, 0.15) is 17.0 Å². The monoisotopic (exact) mass is 537 g/mol. The van der Waals surface area contributed by atoms with Crippen molar-refractivity contribution in [2.45, 2.75) is 71.8 Å². The number of aryl methyl sites for hydroxylation is 1. The Morgan fingerprint density at radius 3 is 2.54 bits per heavy atom. The van der Waals surface area contributed by atoms with Crippen molar-refractivity contribution in [2.24, 2.45) is 0 Å². The third-order valence-corrected chi connectivity index (χ3v) is 7.03. The van der Waals surface area contributed by atoms with Crippen molar-refractivity contribution in [3.63, 3.8) is 0 Å². The molecule has 2 aromatic heterocycles. The maximum absolute atomic E-state index is 13.0. The number of methoxy groups -OCH3 is 2. The first-order valence-electron chi connectivity index (χ1n) is 13.4. The molecular formula is C30H39N3O6. The van der Waals surface area contributed by atoms with Gasteiger partial charge in [-0.05, 0) is 76.8 Å². The lowest BCUT2D eigenvalue weighted by Gasteiger charge is -2.40. The Morgan fingerprint density at radius 1 is 1.15 bits per heavy atom. The third kappa shape index (κ3) is 6.25. The molecule has 1 saturated heterocycles. The van der Waals surface area contributed by atoms with Crippen molar-refractivity contribution in [2.75, 3.05) is 27.4 Å². The second kappa shape index (κ2) is 11.8. The van der Waals surface area contributed by atoms with Gasteiger partial charge in [0.15, 0.2) is 0 Å². The molecule has 0 radical (unpaired) electrons. The Morgan fingerprint density at radius 2 is 1.92 bits per heavy atom. The molecule has 39 heavy (non-hydrogen) atoms. The first-order valence-corrected chi connectivity index (χ1v) is 13.4. The Balaban J connectivity index is 1.72. The van der Waals surface area contributed by atoms with Crippen LogP contribution in [0.25, 0.3) is 10.9 Å². The fraction of sp³-hybridized carbons (Fsp3) is 0.500. The van der Waals surface area contributed by atoms with Crippen LogP contribution in [0.3, 0.4) is 0 Å². The number of benzene rings is 1. The van der Waals surface area contributed by atoms with Gasteiger partial charge in [0.2, 0.25) is 0 Å². The SMILES string of the molecule is CCOC1CCN(Cc2c(OC)cc(C)c3c2ccn3C(=O)OC(C)(C)C)C(c2ccc(C(=O)OC)nc2)C1. The molecule has 1 aromatic carbocycles. The standard InChI is InChI=1S/C30H39N3O6/c1-8-38-21-11-13-32(25(16-21)20-9-10-24(31-17-20)28(34)37-7)18-23-22-12-14-33(29(35)39-30(3,4)5)27(22)19(2)15-26(23)36-6/h9-10,12,14-15,17,21,25H,8,11,13,16,18H2,1-7H3. The van der Waals surface area contributed by atoms with E-state index in [0.29, 0.717) is 13.2 Å². The van der Waals surface area contributed by atoms with Crippen LogP contribution in [-0.4, -0.2) is 65.6 Å². The predicted octanol–water partition coefficient (Wildman–Crippen LogP) is 5.67. The quantitative estimate of drug-likeness (QED) is 0.356. The lowest BCUT2D eigenvalue weighted by Crippen LogP contribution is -2.39. The van der Waals surface area contributed by atoms with Crippen molar-refractivity contribution in [3.8, 4) is 5.75 Å². The van der Waals surface area contributed by atoms with E-state index in [-0.39, 0.29) is 17.8 Å². The molecule has 3 heterocycles. The smallest absolute Gasteiger partial charge is 0.419 e. The number of aromatic nitrogens is 2. The molecule has 2 unspecified atom stereocenters. The van der Waals surface area contributed by atoms with Crippen LogP contribution in [0, 0.1) is 6.92 Å². The largest absolute Gasteiger partial charge is 0.496 e. The van der Waals surface area contributed by atoms with E-state index in [1.54, 1.807) is 30.1 Å². The van der Waals surface area contributed by atoms with Crippen LogP contribution in [0.1, 0.15) is 73.8 Å². The molecule has 0 spiro atoms. The summed E-state index contributed by atoms with van der Waals surface area (Å²) in [4.78, 5) is 31.7. The molecule has 1 aliphatic rings. The van der Waals surface area contributed by atoms with Crippen LogP contribution in [0.4, 0.5) is 4.79 Å². The van der Waals surface area contributed by atoms with Crippen LogP contribution >= 0.6 is 0 Å². The molecule has 2 atom stereocenters. The van der Waals surface area contributed by atoms with Gasteiger partial charge >= 0.3 is 12.1 Å². The number of nitrogens with zero attached hydrogens (tertiary/aromatic N) is 3. The summed E-state index contributed by atoms with van der Waals surface area (Å²) in [5, 5.41) is 0.947. The zero-order valence-electron chi connectivity index (χ0n) is 23.9. The van der Waals surface area contributed by atoms with E-state index in [2.05, 4.69) is 9.88 Å². The first kappa shape index (κ1) is 28.6. The molecule has 1 fully saturated rings. The molecule has 0 N–H and O–H groups in total. The van der Waals surface area contributed by atoms with Gasteiger partial charge in [0, 0.05) is 49.1 Å². The summed E-state index contributed by atoms with van der Waals surface area (Å²) in [5.41, 5.74) is 3.41. The summed E-state index contributed by atoms with van der Waals surface area (Å²) in [6.07, 6.45) is 4.92. The summed E-state index contributed by atoms with van der Waals surface area (Å²) in [6.45, 7) is 11.6. The van der Waals surface area contributed by atoms with Crippen molar-refractivity contribution >= 4 is 23.0 Å². The van der Waals surface area contributed by atoms with Crippen molar-refractivity contribution in [3.05, 3.63) is 59.0 Å². The Labute approximate surface area is 230 Å². The molecule has 0 aliphatic carbocycles. The van der Waals surface area contributed by atoms with E-state index in [0.717, 1.165) is 52.7 Å². The van der Waals surface area contributed by atoms with Gasteiger partial charge in [-0.1, -0.05) is 6.07 Å². The van der Waals surface area contributed by atoms with Gasteiger partial charge in [-0.3, -0.25) is 9.47 Å². The van der Waals surface area contributed by atoms with Crippen LogP contribution in [0.15, 0.2) is 36.7 Å². The first-order chi connectivity index (χ1) is 18.6. The van der Waals surface area contributed by atoms with E-state index >= 15 is 0 Å². The van der Waals surface area contributed by atoms with E-state index in [4.69, 9.17) is 18.9 Å². The molecule has 0 saturated carbocycles. The molecule has 210 valence electrons. The summed E-state index contributed by atoms with van der Waals surface area (Å²) in [6, 6.07) is 7.59. The van der Waals surface area contributed by atoms with Gasteiger partial charge < -0.3 is 18.9 Å². The van der Waals surface area contributed by atoms with Gasteiger partial charge in [-0.25, -0.2) is 14.6 Å². The molecule has 0 bridgehead atoms. The van der Waals surface area contributed by atoms with Gasteiger partial charge in [0.25, 0.3) is 0 Å². The van der Waals surface area contributed by atoms with Crippen molar-refractivity contribution in [1.82, 2.24) is 14.5 Å². The molecule has 9 heteroatoms. The number of pyridine rings is 1. The van der Waals surface area contributed by atoms with E-state index in [1.165, 1.54) is 7.11 Å². The van der Waals surface area contributed by atoms with Crippen LogP contribution in [0.2, 0.25) is 0 Å². The van der Waals surface area contributed by atoms with Crippen molar-refractivity contribution < 1.29 is 28.5 Å². The fourth-order valence-electron chi connectivity index (χ4n) is 5.31. The number of esters is 1. The summed E-state index contributed by atoms with van der Waals surface area (Å²) < 4.78 is 23.9. The normalized spacial score (nSPS) is 18.2. The Hall–Kier alpha value is -3.43. The summed E-state index contributed by atoms with van der Waals surface area (Å²) in [7, 11) is 3.02. The molecule has 4 rings (SSSR count). The Bertz CT molecular complexity index is 1330. The average Bonchev–Trinajstić information content (AvgIpc) is 3.36. The number of hydrogen-bond acceptors (Lipinski definition) is 8. The number of piperidine rings is 1. The van der Waals surface area contributed by atoms with Crippen LogP contribution in [-0.2, 0) is 20.8 Å². The highest BCUT2D eigenvalue weighted by atomic mass is 16.6. The van der Waals surface area contributed by atoms with E-state index in [1.807, 2.05) is 52.8 Å². The molecule has 9 nitrogen and oxygen atoms in total. The number of likely N-dealkylation sites (tertiary alicyclic amines) is 1. The maximum atomic E-state index is 13.0. The second-order valence-corrected chi connectivity index (χ2v) is 10.9. The zero-order valence-corrected chi connectivity index (χ0v) is 23.9. The molecule has 3 aromatic rings. The highest BCUT2D eigenvalue weighted by Crippen LogP contribution is 2.38. The third-order valence-electron chi connectivity index (χ3n) is 7.03. The highest BCUT2D eigenvalue weighted by molar-refractivity contribution is 5.95. The topological polar surface area (TPSA) is 92.1 Å². The minimum Gasteiger partial charge on any atom is -0.496 e. The van der Waals surface area contributed by atoms with Gasteiger partial charge in [-0.15, -0.1) is 0 Å². The highest BCUT2D eigenvalue weighted by Gasteiger charge is 2.32. The lowest BCUT2D eigenvalue weighted by atomic mass is 9.92. The van der Waals surface area contributed by atoms with Gasteiger partial charge in [-0.2, -0.15) is 0 Å². The fourth-order valence-corrected chi connectivity index (χ4v) is 5.31. The zero-order chi connectivity index (χ0) is 28.3. The number of carbonyl (C=O) groups excluding carboxylic acids is 2. The molecule has 1 aliphatic heterocycles.